The van der Waals surface area contributed by atoms with Gasteiger partial charge >= 0.3 is 11.9 Å². The van der Waals surface area contributed by atoms with Gasteiger partial charge in [-0.05, 0) is 64.2 Å². The molecule has 0 aromatic carbocycles. The van der Waals surface area contributed by atoms with Crippen LogP contribution in [0.25, 0.3) is 0 Å². The van der Waals surface area contributed by atoms with E-state index in [1.807, 2.05) is 0 Å². The highest BCUT2D eigenvalue weighted by molar-refractivity contribution is 5.70. The first-order chi connectivity index (χ1) is 30.6. The van der Waals surface area contributed by atoms with Crippen molar-refractivity contribution in [2.45, 2.75) is 271 Å². The number of rotatable bonds is 49. The van der Waals surface area contributed by atoms with Gasteiger partial charge in [-0.3, -0.25) is 9.59 Å². The van der Waals surface area contributed by atoms with E-state index in [9.17, 15) is 9.59 Å². The summed E-state index contributed by atoms with van der Waals surface area (Å²) in [5.41, 5.74) is 0. The average molecular weight is 867 g/mol. The van der Waals surface area contributed by atoms with Crippen LogP contribution in [0.5, 0.6) is 0 Å². The van der Waals surface area contributed by atoms with Gasteiger partial charge in [-0.1, -0.05) is 248 Å². The molecule has 5 heteroatoms. The highest BCUT2D eigenvalue weighted by Gasteiger charge is 2.17. The Morgan fingerprint density at radius 1 is 0.371 bits per heavy atom. The van der Waals surface area contributed by atoms with Gasteiger partial charge in [0.15, 0.2) is 6.10 Å². The SMILES string of the molecule is CC/C=C\C/C=C\C/C=C\C/C=C\C/C=C\CCCCCCOCC(COC(=O)CCCCCCCCCCCCCCC)OC(=O)CCCCCCCCCCCCCCC. The second-order valence-corrected chi connectivity index (χ2v) is 17.8. The summed E-state index contributed by atoms with van der Waals surface area (Å²) in [6.45, 7) is 7.69. The number of unbranched alkanes of at least 4 members (excludes halogenated alkanes) is 28. The molecule has 0 saturated carbocycles. The molecule has 0 amide bonds. The van der Waals surface area contributed by atoms with Crippen LogP contribution in [0.1, 0.15) is 265 Å². The van der Waals surface area contributed by atoms with Gasteiger partial charge in [-0.15, -0.1) is 0 Å². The van der Waals surface area contributed by atoms with E-state index in [-0.39, 0.29) is 25.2 Å². The maximum atomic E-state index is 12.8. The molecule has 360 valence electrons. The van der Waals surface area contributed by atoms with E-state index in [0.29, 0.717) is 19.4 Å². The minimum absolute atomic E-state index is 0.0782. The van der Waals surface area contributed by atoms with Crippen molar-refractivity contribution in [3.05, 3.63) is 60.8 Å². The van der Waals surface area contributed by atoms with E-state index >= 15 is 0 Å². The molecule has 0 aliphatic carbocycles. The van der Waals surface area contributed by atoms with Gasteiger partial charge in [0.1, 0.15) is 6.61 Å². The smallest absolute Gasteiger partial charge is 0.306 e. The fraction of sp³-hybridized carbons (Fsp3) is 0.789. The van der Waals surface area contributed by atoms with Crippen molar-refractivity contribution in [3.8, 4) is 0 Å². The summed E-state index contributed by atoms with van der Waals surface area (Å²) in [4.78, 5) is 25.4. The molecule has 0 bridgehead atoms. The highest BCUT2D eigenvalue weighted by Crippen LogP contribution is 2.15. The Kier molecular flexibility index (Phi) is 50.9. The molecule has 62 heavy (non-hydrogen) atoms. The largest absolute Gasteiger partial charge is 0.462 e. The van der Waals surface area contributed by atoms with Gasteiger partial charge in [0.25, 0.3) is 0 Å². The molecule has 0 rings (SSSR count). The monoisotopic (exact) mass is 867 g/mol. The van der Waals surface area contributed by atoms with Crippen LogP contribution in [0.15, 0.2) is 60.8 Å². The quantitative estimate of drug-likeness (QED) is 0.0346. The number of allylic oxidation sites excluding steroid dienone is 10. The Morgan fingerprint density at radius 3 is 1.16 bits per heavy atom. The van der Waals surface area contributed by atoms with Gasteiger partial charge in [0.05, 0.1) is 6.61 Å². The zero-order valence-electron chi connectivity index (χ0n) is 41.4. The van der Waals surface area contributed by atoms with Gasteiger partial charge in [-0.25, -0.2) is 0 Å². The molecule has 0 spiro atoms. The van der Waals surface area contributed by atoms with Crippen molar-refractivity contribution in [3.63, 3.8) is 0 Å². The number of hydrogen-bond donors (Lipinski definition) is 0. The van der Waals surface area contributed by atoms with Crippen LogP contribution in [0, 0.1) is 0 Å². The number of ether oxygens (including phenoxy) is 3. The molecule has 0 radical (unpaired) electrons. The van der Waals surface area contributed by atoms with Crippen molar-refractivity contribution in [2.75, 3.05) is 19.8 Å². The minimum atomic E-state index is -0.546. The Morgan fingerprint density at radius 2 is 0.726 bits per heavy atom. The van der Waals surface area contributed by atoms with Crippen molar-refractivity contribution >= 4 is 11.9 Å². The molecule has 1 unspecified atom stereocenters. The van der Waals surface area contributed by atoms with E-state index in [1.165, 1.54) is 154 Å². The van der Waals surface area contributed by atoms with Crippen LogP contribution in [-0.4, -0.2) is 37.9 Å². The highest BCUT2D eigenvalue weighted by atomic mass is 16.6. The maximum Gasteiger partial charge on any atom is 0.306 e. The van der Waals surface area contributed by atoms with E-state index in [0.717, 1.165) is 77.0 Å². The summed E-state index contributed by atoms with van der Waals surface area (Å²) >= 11 is 0. The predicted molar refractivity (Wildman–Crippen MR) is 270 cm³/mol. The zero-order valence-corrected chi connectivity index (χ0v) is 41.4. The van der Waals surface area contributed by atoms with E-state index in [2.05, 4.69) is 81.5 Å². The summed E-state index contributed by atoms with van der Waals surface area (Å²) in [6, 6.07) is 0. The third-order valence-corrected chi connectivity index (χ3v) is 11.6. The predicted octanol–water partition coefficient (Wildman–Crippen LogP) is 18.1. The van der Waals surface area contributed by atoms with E-state index < -0.39 is 6.10 Å². The topological polar surface area (TPSA) is 61.8 Å². The van der Waals surface area contributed by atoms with E-state index in [4.69, 9.17) is 14.2 Å². The van der Waals surface area contributed by atoms with Crippen LogP contribution < -0.4 is 0 Å². The summed E-state index contributed by atoms with van der Waals surface area (Å²) < 4.78 is 17.4. The van der Waals surface area contributed by atoms with E-state index in [1.54, 1.807) is 0 Å². The van der Waals surface area contributed by atoms with Crippen LogP contribution in [0.3, 0.4) is 0 Å². The second kappa shape index (κ2) is 52.9. The molecule has 0 aliphatic heterocycles. The van der Waals surface area contributed by atoms with Crippen molar-refractivity contribution < 1.29 is 23.8 Å². The standard InChI is InChI=1S/C57H102O5/c1-4-7-10-13-16-19-22-25-26-27-28-29-30-31-34-37-40-43-46-49-52-60-53-55(62-57(59)51-48-45-42-39-36-33-24-21-18-15-12-9-6-3)54-61-56(58)50-47-44-41-38-35-32-23-20-17-14-11-8-5-2/h7,10,16,19,25-26,28-29,31,34,55H,4-6,8-9,11-15,17-18,20-24,27,30,32-33,35-54H2,1-3H3/b10-7-,19-16-,26-25-,29-28-,34-31-. The number of esters is 2. The molecule has 0 aliphatic rings. The fourth-order valence-electron chi connectivity index (χ4n) is 7.60. The van der Waals surface area contributed by atoms with Crippen LogP contribution >= 0.6 is 0 Å². The number of hydrogen-bond acceptors (Lipinski definition) is 5. The molecular weight excluding hydrogens is 765 g/mol. The Hall–Kier alpha value is -2.40. The molecule has 0 aromatic heterocycles. The van der Waals surface area contributed by atoms with Crippen LogP contribution in [-0.2, 0) is 23.8 Å². The Balaban J connectivity index is 4.28. The van der Waals surface area contributed by atoms with Crippen molar-refractivity contribution in [1.82, 2.24) is 0 Å². The second-order valence-electron chi connectivity index (χ2n) is 17.8. The first-order valence-electron chi connectivity index (χ1n) is 26.8. The van der Waals surface area contributed by atoms with Crippen LogP contribution in [0.4, 0.5) is 0 Å². The fourth-order valence-corrected chi connectivity index (χ4v) is 7.60. The third kappa shape index (κ3) is 50.2. The molecule has 0 aromatic rings. The first kappa shape index (κ1) is 59.6. The van der Waals surface area contributed by atoms with Crippen LogP contribution in [0.2, 0.25) is 0 Å². The van der Waals surface area contributed by atoms with Crippen molar-refractivity contribution in [1.29, 1.82) is 0 Å². The summed E-state index contributed by atoms with van der Waals surface area (Å²) in [5, 5.41) is 0. The Labute approximate surface area is 385 Å². The minimum Gasteiger partial charge on any atom is -0.462 e. The lowest BCUT2D eigenvalue weighted by molar-refractivity contribution is -0.163. The molecule has 0 heterocycles. The van der Waals surface area contributed by atoms with Gasteiger partial charge in [0, 0.05) is 19.4 Å². The molecule has 0 N–H and O–H groups in total. The number of carbonyl (C=O) groups is 2. The summed E-state index contributed by atoms with van der Waals surface area (Å²) in [7, 11) is 0. The molecule has 0 saturated heterocycles. The maximum absolute atomic E-state index is 12.8. The van der Waals surface area contributed by atoms with Gasteiger partial charge in [0.2, 0.25) is 0 Å². The molecule has 0 fully saturated rings. The lowest BCUT2D eigenvalue weighted by Crippen LogP contribution is -2.30. The zero-order chi connectivity index (χ0) is 44.9. The lowest BCUT2D eigenvalue weighted by atomic mass is 10.0. The average Bonchev–Trinajstić information content (AvgIpc) is 3.27. The first-order valence-corrected chi connectivity index (χ1v) is 26.8. The summed E-state index contributed by atoms with van der Waals surface area (Å²) in [5.74, 6) is -0.401. The Bertz CT molecular complexity index is 1070. The van der Waals surface area contributed by atoms with Crippen molar-refractivity contribution in [2.24, 2.45) is 0 Å². The normalized spacial score (nSPS) is 12.6. The molecule has 5 nitrogen and oxygen atoms in total. The summed E-state index contributed by atoms with van der Waals surface area (Å²) in [6.07, 6.45) is 66.6. The third-order valence-electron chi connectivity index (χ3n) is 11.6. The molecule has 1 atom stereocenters. The van der Waals surface area contributed by atoms with Gasteiger partial charge < -0.3 is 14.2 Å². The molecular formula is C57H102O5. The number of carbonyl (C=O) groups excluding carboxylic acids is 2. The van der Waals surface area contributed by atoms with Gasteiger partial charge in [-0.2, -0.15) is 0 Å². The lowest BCUT2D eigenvalue weighted by Gasteiger charge is -2.18.